The molecule has 0 aliphatic carbocycles. The molecule has 1 aliphatic heterocycles. The van der Waals surface area contributed by atoms with Gasteiger partial charge in [-0.25, -0.2) is 9.59 Å². The van der Waals surface area contributed by atoms with Crippen molar-refractivity contribution in [3.63, 3.8) is 0 Å². The Hall–Kier alpha value is -1.25. The number of aromatic nitrogens is 1. The largest absolute Gasteiger partial charge is 0.460 e. The molecule has 0 fully saturated rings. The number of carbonyl (C=O) groups excluding carboxylic acids is 2. The Morgan fingerprint density at radius 3 is 1.74 bits per heavy atom. The van der Waals surface area contributed by atoms with Gasteiger partial charge in [0.25, 0.3) is 0 Å². The summed E-state index contributed by atoms with van der Waals surface area (Å²) in [6, 6.07) is 3.63. The highest BCUT2D eigenvalue weighted by atomic mass is 127. The molecule has 0 amide bonds. The van der Waals surface area contributed by atoms with E-state index < -0.39 is 17.9 Å². The lowest BCUT2D eigenvalue weighted by Crippen LogP contribution is -2.34. The second-order valence-electron chi connectivity index (χ2n) is 7.77. The minimum atomic E-state index is -0.650. The predicted molar refractivity (Wildman–Crippen MR) is 155 cm³/mol. The van der Waals surface area contributed by atoms with Gasteiger partial charge in [0.1, 0.15) is 13.2 Å². The van der Waals surface area contributed by atoms with Crippen molar-refractivity contribution in [3.8, 4) is 0 Å². The number of halogens is 2. The monoisotopic (exact) mass is 716 g/mol. The van der Waals surface area contributed by atoms with Crippen LogP contribution in [0.5, 0.6) is 0 Å². The van der Waals surface area contributed by atoms with E-state index >= 15 is 0 Å². The van der Waals surface area contributed by atoms with Crippen LogP contribution in [0.2, 0.25) is 0 Å². The minimum Gasteiger partial charge on any atom is -0.460 e. The van der Waals surface area contributed by atoms with Crippen molar-refractivity contribution < 1.29 is 28.5 Å². The predicted octanol–water partition coefficient (Wildman–Crippen LogP) is 4.83. The van der Waals surface area contributed by atoms with Crippen LogP contribution in [0.1, 0.15) is 52.0 Å². The molecular formula is C25H38I2N2O6. The summed E-state index contributed by atoms with van der Waals surface area (Å²) < 4.78 is 21.9. The maximum Gasteiger partial charge on any atom is 0.336 e. The summed E-state index contributed by atoms with van der Waals surface area (Å²) in [4.78, 5) is 32.4. The van der Waals surface area contributed by atoms with Gasteiger partial charge in [0.2, 0.25) is 0 Å². The molecule has 2 heterocycles. The molecule has 0 aromatic carbocycles. The van der Waals surface area contributed by atoms with E-state index in [9.17, 15) is 9.59 Å². The molecule has 8 nitrogen and oxygen atoms in total. The molecule has 0 bridgehead atoms. The molecule has 2 rings (SSSR count). The van der Waals surface area contributed by atoms with E-state index in [4.69, 9.17) is 18.9 Å². The summed E-state index contributed by atoms with van der Waals surface area (Å²) in [6.07, 6.45) is 5.10. The molecule has 198 valence electrons. The quantitative estimate of drug-likeness (QED) is 0.163. The summed E-state index contributed by atoms with van der Waals surface area (Å²) >= 11 is 0. The molecule has 0 N–H and O–H groups in total. The van der Waals surface area contributed by atoms with Crippen LogP contribution >= 0.6 is 48.0 Å². The standard InChI is InChI=1S/C25H36N2O6.2HI/c1-6-11-30-13-15-32-24(28)21-18(3)27(5)19(4)22(23(21)20-9-8-10-26-17-20)25(29)33-16-14-31-12-7-2;;/h8-10,17,23H,6-7,11-16H2,1-5H3;2*1H. The highest BCUT2D eigenvalue weighted by Crippen LogP contribution is 2.42. The normalized spacial score (nSPS) is 13.8. The Kier molecular flexibility index (Phi) is 17.4. The zero-order chi connectivity index (χ0) is 24.2. The zero-order valence-electron chi connectivity index (χ0n) is 21.2. The van der Waals surface area contributed by atoms with Gasteiger partial charge in [-0.1, -0.05) is 19.9 Å². The fraction of sp³-hybridized carbons (Fsp3) is 0.560. The van der Waals surface area contributed by atoms with Crippen molar-refractivity contribution in [1.82, 2.24) is 9.88 Å². The molecule has 0 spiro atoms. The molecule has 1 aromatic rings. The zero-order valence-corrected chi connectivity index (χ0v) is 25.9. The average Bonchev–Trinajstić information content (AvgIpc) is 2.82. The summed E-state index contributed by atoms with van der Waals surface area (Å²) in [7, 11) is 1.82. The summed E-state index contributed by atoms with van der Waals surface area (Å²) in [5.74, 6) is -1.63. The van der Waals surface area contributed by atoms with Crippen LogP contribution in [0.25, 0.3) is 0 Å². The lowest BCUT2D eigenvalue weighted by atomic mass is 9.80. The summed E-state index contributed by atoms with van der Waals surface area (Å²) in [5, 5.41) is 0. The highest BCUT2D eigenvalue weighted by molar-refractivity contribution is 14.0. The van der Waals surface area contributed by atoms with Gasteiger partial charge >= 0.3 is 11.9 Å². The third kappa shape index (κ3) is 9.62. The average molecular weight is 716 g/mol. The van der Waals surface area contributed by atoms with E-state index in [1.165, 1.54) is 0 Å². The van der Waals surface area contributed by atoms with Gasteiger partial charge in [-0.3, -0.25) is 4.98 Å². The highest BCUT2D eigenvalue weighted by Gasteiger charge is 2.39. The van der Waals surface area contributed by atoms with Gasteiger partial charge < -0.3 is 23.8 Å². The Balaban J connectivity index is 0.00000578. The molecule has 10 heteroatoms. The second kappa shape index (κ2) is 18.1. The molecule has 1 aromatic heterocycles. The third-order valence-corrected chi connectivity index (χ3v) is 5.44. The molecule has 35 heavy (non-hydrogen) atoms. The Morgan fingerprint density at radius 1 is 0.857 bits per heavy atom. The number of ether oxygens (including phenoxy) is 4. The van der Waals surface area contributed by atoms with E-state index in [-0.39, 0.29) is 61.2 Å². The number of carbonyl (C=O) groups is 2. The number of nitrogens with zero attached hydrogens (tertiary/aromatic N) is 2. The molecule has 0 saturated heterocycles. The number of hydrogen-bond acceptors (Lipinski definition) is 8. The number of pyridine rings is 1. The van der Waals surface area contributed by atoms with E-state index in [0.29, 0.717) is 54.5 Å². The SMILES string of the molecule is CCCOCCOC(=O)C1=C(C)N(C)C(C)=C(C(=O)OCCOCCC)C1c1cccnc1.I.I. The first-order chi connectivity index (χ1) is 15.9. The Labute approximate surface area is 242 Å². The molecule has 0 unspecified atom stereocenters. The van der Waals surface area contributed by atoms with Crippen molar-refractivity contribution >= 4 is 59.9 Å². The van der Waals surface area contributed by atoms with Crippen LogP contribution in [0, 0.1) is 0 Å². The number of rotatable bonds is 13. The first-order valence-electron chi connectivity index (χ1n) is 11.5. The first-order valence-corrected chi connectivity index (χ1v) is 11.5. The van der Waals surface area contributed by atoms with Crippen molar-refractivity contribution in [2.45, 2.75) is 46.5 Å². The lowest BCUT2D eigenvalue weighted by Gasteiger charge is -2.35. The summed E-state index contributed by atoms with van der Waals surface area (Å²) in [6.45, 7) is 9.85. The third-order valence-electron chi connectivity index (χ3n) is 5.44. The van der Waals surface area contributed by atoms with Crippen molar-refractivity contribution in [2.75, 3.05) is 46.7 Å². The topological polar surface area (TPSA) is 87.2 Å². The molecule has 0 radical (unpaired) electrons. The maximum atomic E-state index is 13.2. The van der Waals surface area contributed by atoms with Gasteiger partial charge in [0.15, 0.2) is 0 Å². The molecule has 0 saturated carbocycles. The van der Waals surface area contributed by atoms with Crippen LogP contribution in [0.3, 0.4) is 0 Å². The molecule has 0 atom stereocenters. The fourth-order valence-corrected chi connectivity index (χ4v) is 3.62. The smallest absolute Gasteiger partial charge is 0.336 e. The van der Waals surface area contributed by atoms with Crippen LogP contribution in [-0.4, -0.2) is 68.5 Å². The van der Waals surface area contributed by atoms with Crippen LogP contribution in [-0.2, 0) is 28.5 Å². The Morgan fingerprint density at radius 2 is 1.34 bits per heavy atom. The maximum absolute atomic E-state index is 13.2. The van der Waals surface area contributed by atoms with Gasteiger partial charge in [0.05, 0.1) is 30.3 Å². The van der Waals surface area contributed by atoms with E-state index in [1.54, 1.807) is 18.5 Å². The fourth-order valence-electron chi connectivity index (χ4n) is 3.62. The number of esters is 2. The first kappa shape index (κ1) is 33.8. The number of hydrogen-bond donors (Lipinski definition) is 0. The van der Waals surface area contributed by atoms with Crippen LogP contribution in [0.15, 0.2) is 47.1 Å². The van der Waals surface area contributed by atoms with Gasteiger partial charge in [-0.15, -0.1) is 48.0 Å². The van der Waals surface area contributed by atoms with Crippen molar-refractivity contribution in [2.24, 2.45) is 0 Å². The lowest BCUT2D eigenvalue weighted by molar-refractivity contribution is -0.141. The van der Waals surface area contributed by atoms with Gasteiger partial charge in [-0.05, 0) is 38.3 Å². The van der Waals surface area contributed by atoms with Gasteiger partial charge in [0, 0.05) is 44.0 Å². The van der Waals surface area contributed by atoms with E-state index in [0.717, 1.165) is 12.8 Å². The van der Waals surface area contributed by atoms with Crippen molar-refractivity contribution in [3.05, 3.63) is 52.6 Å². The Bertz CT molecular complexity index is 811. The van der Waals surface area contributed by atoms with Crippen LogP contribution < -0.4 is 0 Å². The minimum absolute atomic E-state index is 0. The van der Waals surface area contributed by atoms with Crippen LogP contribution in [0.4, 0.5) is 0 Å². The van der Waals surface area contributed by atoms with E-state index in [2.05, 4.69) is 4.98 Å². The summed E-state index contributed by atoms with van der Waals surface area (Å²) in [5.41, 5.74) is 2.92. The van der Waals surface area contributed by atoms with Gasteiger partial charge in [-0.2, -0.15) is 0 Å². The second-order valence-corrected chi connectivity index (χ2v) is 7.77. The molecule has 1 aliphatic rings. The van der Waals surface area contributed by atoms with Crippen molar-refractivity contribution in [1.29, 1.82) is 0 Å². The molecular weight excluding hydrogens is 678 g/mol. The number of allylic oxidation sites excluding steroid dienone is 2. The van der Waals surface area contributed by atoms with E-state index in [1.807, 2.05) is 45.7 Å².